The fraction of sp³-hybridized carbons (Fsp3) is 0.667. The van der Waals surface area contributed by atoms with E-state index in [2.05, 4.69) is 33.9 Å². The third-order valence-corrected chi connectivity index (χ3v) is 10.9. The molecule has 0 fully saturated rings. The molecule has 7 heteroatoms. The van der Waals surface area contributed by atoms with Gasteiger partial charge in [0, 0.05) is 5.56 Å². The Kier molecular flexibility index (Phi) is 7.90. The van der Waals surface area contributed by atoms with Gasteiger partial charge >= 0.3 is 7.60 Å². The summed E-state index contributed by atoms with van der Waals surface area (Å²) < 4.78 is 30.2. The fourth-order valence-electron chi connectivity index (χ4n) is 2.08. The molecule has 1 rings (SSSR count). The molecule has 25 heavy (non-hydrogen) atoms. The predicted molar refractivity (Wildman–Crippen MR) is 105 cm³/mol. The van der Waals surface area contributed by atoms with Crippen molar-refractivity contribution in [2.75, 3.05) is 13.2 Å². The Morgan fingerprint density at radius 1 is 1.12 bits per heavy atom. The Labute approximate surface area is 153 Å². The highest BCUT2D eigenvalue weighted by atomic mass is 31.2. The van der Waals surface area contributed by atoms with Crippen LogP contribution in [0.25, 0.3) is 0 Å². The van der Waals surface area contributed by atoms with Crippen LogP contribution in [0.4, 0.5) is 0 Å². The molecule has 1 N–H and O–H groups in total. The zero-order valence-electron chi connectivity index (χ0n) is 16.6. The summed E-state index contributed by atoms with van der Waals surface area (Å²) in [5, 5.41) is 9.49. The average molecular weight is 389 g/mol. The Morgan fingerprint density at radius 3 is 2.12 bits per heavy atom. The van der Waals surface area contributed by atoms with Crippen molar-refractivity contribution in [3.05, 3.63) is 29.3 Å². The van der Waals surface area contributed by atoms with Gasteiger partial charge < -0.3 is 18.6 Å². The van der Waals surface area contributed by atoms with Crippen molar-refractivity contribution in [3.63, 3.8) is 0 Å². The second-order valence-electron chi connectivity index (χ2n) is 7.57. The van der Waals surface area contributed by atoms with Gasteiger partial charge in [-0.2, -0.15) is 0 Å². The molecule has 0 aromatic heterocycles. The van der Waals surface area contributed by atoms with Crippen molar-refractivity contribution >= 4 is 15.9 Å². The predicted octanol–water partition coefficient (Wildman–Crippen LogP) is 5.33. The summed E-state index contributed by atoms with van der Waals surface area (Å²) >= 11 is 0. The summed E-state index contributed by atoms with van der Waals surface area (Å²) in [6, 6.07) is 5.49. The molecular weight excluding hydrogens is 355 g/mol. The van der Waals surface area contributed by atoms with Crippen LogP contribution in [0, 0.1) is 0 Å². The Balaban J connectivity index is 3.25. The van der Waals surface area contributed by atoms with Gasteiger partial charge in [0.2, 0.25) is 8.32 Å². The number of benzene rings is 1. The normalized spacial score (nSPS) is 13.1. The summed E-state index contributed by atoms with van der Waals surface area (Å²) in [5.41, 5.74) is 1.55. The van der Waals surface area contributed by atoms with E-state index in [1.54, 1.807) is 13.8 Å². The van der Waals surface area contributed by atoms with Crippen molar-refractivity contribution in [3.8, 4) is 5.75 Å². The van der Waals surface area contributed by atoms with Crippen molar-refractivity contribution in [2.24, 2.45) is 0 Å². The van der Waals surface area contributed by atoms with E-state index in [0.29, 0.717) is 19.0 Å². The van der Waals surface area contributed by atoms with E-state index >= 15 is 0 Å². The Bertz CT molecular complexity index is 600. The first-order valence-electron chi connectivity index (χ1n) is 8.78. The lowest BCUT2D eigenvalue weighted by Crippen LogP contribution is -2.44. The van der Waals surface area contributed by atoms with Gasteiger partial charge in [-0.25, -0.2) is 0 Å². The summed E-state index contributed by atoms with van der Waals surface area (Å²) in [6.45, 7) is 15.0. The van der Waals surface area contributed by atoms with Crippen molar-refractivity contribution in [1.29, 1.82) is 0 Å². The maximum Gasteiger partial charge on any atom is 0.335 e. The van der Waals surface area contributed by atoms with Crippen LogP contribution >= 0.6 is 7.60 Å². The van der Waals surface area contributed by atoms with E-state index in [4.69, 9.17) is 13.5 Å². The topological polar surface area (TPSA) is 65.0 Å². The number of hydrogen-bond donors (Lipinski definition) is 1. The third kappa shape index (κ3) is 6.22. The maximum atomic E-state index is 12.9. The molecule has 0 saturated heterocycles. The first-order chi connectivity index (χ1) is 11.5. The van der Waals surface area contributed by atoms with Crippen LogP contribution in [0.2, 0.25) is 18.1 Å². The highest BCUT2D eigenvalue weighted by Gasteiger charge is 2.39. The highest BCUT2D eigenvalue weighted by molar-refractivity contribution is 7.53. The van der Waals surface area contributed by atoms with E-state index in [-0.39, 0.29) is 17.8 Å². The van der Waals surface area contributed by atoms with Crippen molar-refractivity contribution in [1.82, 2.24) is 0 Å². The molecule has 0 aliphatic rings. The lowest BCUT2D eigenvalue weighted by Gasteiger charge is -2.37. The second kappa shape index (κ2) is 8.83. The average Bonchev–Trinajstić information content (AvgIpc) is 2.48. The zero-order chi connectivity index (χ0) is 19.3. The van der Waals surface area contributed by atoms with Crippen LogP contribution in [0.3, 0.4) is 0 Å². The first-order valence-corrected chi connectivity index (χ1v) is 13.4. The zero-order valence-corrected chi connectivity index (χ0v) is 18.5. The third-order valence-electron chi connectivity index (χ3n) is 4.50. The van der Waals surface area contributed by atoms with Crippen LogP contribution in [0.5, 0.6) is 5.75 Å². The molecule has 0 aliphatic heterocycles. The SMILES string of the molecule is CCOP(=O)(Cc1ccc(CO)cc1O[Si](C)(C)C(C)(C)C)OCC. The maximum absolute atomic E-state index is 12.9. The largest absolute Gasteiger partial charge is 0.543 e. The minimum atomic E-state index is -3.22. The fourth-order valence-corrected chi connectivity index (χ4v) is 4.85. The molecule has 0 radical (unpaired) electrons. The number of hydrogen-bond acceptors (Lipinski definition) is 5. The van der Waals surface area contributed by atoms with Gasteiger partial charge in [0.1, 0.15) is 5.75 Å². The lowest BCUT2D eigenvalue weighted by atomic mass is 10.1. The molecular formula is C18H33O5PSi. The van der Waals surface area contributed by atoms with Gasteiger partial charge in [0.05, 0.1) is 26.0 Å². The quantitative estimate of drug-likeness (QED) is 0.457. The molecule has 144 valence electrons. The van der Waals surface area contributed by atoms with Crippen molar-refractivity contribution in [2.45, 2.75) is 65.5 Å². The van der Waals surface area contributed by atoms with Crippen LogP contribution in [0.15, 0.2) is 18.2 Å². The van der Waals surface area contributed by atoms with Crippen LogP contribution < -0.4 is 4.43 Å². The van der Waals surface area contributed by atoms with Gasteiger partial charge in [-0.15, -0.1) is 0 Å². The summed E-state index contributed by atoms with van der Waals surface area (Å²) in [5.74, 6) is 0.665. The first kappa shape index (κ1) is 22.4. The summed E-state index contributed by atoms with van der Waals surface area (Å²) in [4.78, 5) is 0. The van der Waals surface area contributed by atoms with Crippen LogP contribution in [0.1, 0.15) is 45.7 Å². The molecule has 0 heterocycles. The van der Waals surface area contributed by atoms with Gasteiger partial charge in [-0.3, -0.25) is 4.57 Å². The minimum Gasteiger partial charge on any atom is -0.543 e. The van der Waals surface area contributed by atoms with E-state index in [9.17, 15) is 9.67 Å². The number of rotatable bonds is 9. The van der Waals surface area contributed by atoms with E-state index in [1.807, 2.05) is 18.2 Å². The Hall–Kier alpha value is -0.653. The highest BCUT2D eigenvalue weighted by Crippen LogP contribution is 2.53. The van der Waals surface area contributed by atoms with Crippen LogP contribution in [-0.4, -0.2) is 26.6 Å². The molecule has 0 unspecified atom stereocenters. The molecule has 0 spiro atoms. The molecule has 0 aliphatic carbocycles. The van der Waals surface area contributed by atoms with E-state index < -0.39 is 15.9 Å². The molecule has 0 atom stereocenters. The molecule has 1 aromatic rings. The molecule has 0 bridgehead atoms. The molecule has 5 nitrogen and oxygen atoms in total. The van der Waals surface area contributed by atoms with Crippen molar-refractivity contribution < 1.29 is 23.1 Å². The summed E-state index contributed by atoms with van der Waals surface area (Å²) in [6.07, 6.45) is 0.157. The second-order valence-corrected chi connectivity index (χ2v) is 14.3. The van der Waals surface area contributed by atoms with E-state index in [0.717, 1.165) is 11.1 Å². The molecule has 0 saturated carbocycles. The molecule has 0 amide bonds. The van der Waals surface area contributed by atoms with Crippen LogP contribution in [-0.2, 0) is 26.4 Å². The Morgan fingerprint density at radius 2 is 1.68 bits per heavy atom. The monoisotopic (exact) mass is 388 g/mol. The minimum absolute atomic E-state index is 0.0308. The lowest BCUT2D eigenvalue weighted by molar-refractivity contribution is 0.219. The smallest absolute Gasteiger partial charge is 0.335 e. The summed E-state index contributed by atoms with van der Waals surface area (Å²) in [7, 11) is -5.30. The number of aliphatic hydroxyl groups excluding tert-OH is 1. The number of aliphatic hydroxyl groups is 1. The standard InChI is InChI=1S/C18H33O5PSi/c1-8-21-24(20,22-9-2)14-16-11-10-15(13-19)12-17(16)23-25(6,7)18(3,4)5/h10-12,19H,8-9,13-14H2,1-7H3. The van der Waals surface area contributed by atoms with E-state index in [1.165, 1.54) is 0 Å². The van der Waals surface area contributed by atoms with Gasteiger partial charge in [0.25, 0.3) is 0 Å². The van der Waals surface area contributed by atoms with Gasteiger partial charge in [-0.1, -0.05) is 32.9 Å². The van der Waals surface area contributed by atoms with Gasteiger partial charge in [-0.05, 0) is 43.6 Å². The van der Waals surface area contributed by atoms with Gasteiger partial charge in [0.15, 0.2) is 0 Å². The molecule has 1 aromatic carbocycles.